The van der Waals surface area contributed by atoms with E-state index in [0.717, 1.165) is 17.2 Å². The quantitative estimate of drug-likeness (QED) is 0.808. The Bertz CT molecular complexity index is 695. The zero-order chi connectivity index (χ0) is 17.2. The van der Waals surface area contributed by atoms with E-state index in [9.17, 15) is 4.79 Å². The number of nitrogens with zero attached hydrogens (tertiary/aromatic N) is 3. The first-order valence-electron chi connectivity index (χ1n) is 9.69. The van der Waals surface area contributed by atoms with E-state index >= 15 is 0 Å². The molecular weight excluding hydrogens is 310 g/mol. The molecule has 1 heterocycles. The van der Waals surface area contributed by atoms with E-state index in [4.69, 9.17) is 0 Å². The van der Waals surface area contributed by atoms with Crippen molar-refractivity contribution >= 4 is 5.91 Å². The van der Waals surface area contributed by atoms with E-state index in [1.54, 1.807) is 6.20 Å². The van der Waals surface area contributed by atoms with Crippen molar-refractivity contribution in [2.75, 3.05) is 0 Å². The highest BCUT2D eigenvalue weighted by Crippen LogP contribution is 2.37. The Morgan fingerprint density at radius 2 is 1.72 bits per heavy atom. The second-order valence-corrected chi connectivity index (χ2v) is 7.52. The summed E-state index contributed by atoms with van der Waals surface area (Å²) >= 11 is 0. The fraction of sp³-hybridized carbons (Fsp3) is 0.524. The molecule has 0 atom stereocenters. The molecule has 2 aliphatic carbocycles. The Hall–Kier alpha value is -2.10. The van der Waals surface area contributed by atoms with Gasteiger partial charge in [-0.25, -0.2) is 4.68 Å². The van der Waals surface area contributed by atoms with E-state index in [1.807, 2.05) is 41.2 Å². The van der Waals surface area contributed by atoms with Crippen LogP contribution >= 0.6 is 0 Å². The number of aromatic nitrogens is 2. The third-order valence-corrected chi connectivity index (χ3v) is 5.84. The average Bonchev–Trinajstić information content (AvgIpc) is 3.34. The van der Waals surface area contributed by atoms with Gasteiger partial charge in [-0.1, -0.05) is 13.3 Å². The number of rotatable bonds is 5. The molecule has 2 fully saturated rings. The summed E-state index contributed by atoms with van der Waals surface area (Å²) in [6.45, 7) is 2.29. The van der Waals surface area contributed by atoms with Crippen molar-refractivity contribution in [3.05, 3.63) is 48.3 Å². The van der Waals surface area contributed by atoms with Gasteiger partial charge in [-0.3, -0.25) is 4.79 Å². The minimum Gasteiger partial charge on any atom is -0.333 e. The van der Waals surface area contributed by atoms with E-state index in [-0.39, 0.29) is 5.91 Å². The van der Waals surface area contributed by atoms with Crippen LogP contribution in [0, 0.1) is 5.92 Å². The van der Waals surface area contributed by atoms with Crippen molar-refractivity contribution in [2.24, 2.45) is 5.92 Å². The molecule has 1 aromatic carbocycles. The second kappa shape index (κ2) is 7.03. The van der Waals surface area contributed by atoms with E-state index in [1.165, 1.54) is 44.9 Å². The fourth-order valence-electron chi connectivity index (χ4n) is 4.14. The minimum atomic E-state index is 0.217. The topological polar surface area (TPSA) is 38.1 Å². The lowest BCUT2D eigenvalue weighted by molar-refractivity contribution is 0.0587. The lowest BCUT2D eigenvalue weighted by Gasteiger charge is -2.37. The predicted octanol–water partition coefficient (Wildman–Crippen LogP) is 4.45. The molecule has 2 saturated carbocycles. The molecule has 0 aliphatic heterocycles. The maximum atomic E-state index is 13.2. The molecule has 4 nitrogen and oxygen atoms in total. The van der Waals surface area contributed by atoms with Crippen LogP contribution in [0.1, 0.15) is 62.2 Å². The first-order chi connectivity index (χ1) is 12.3. The molecule has 0 bridgehead atoms. The van der Waals surface area contributed by atoms with Crippen LogP contribution in [0.2, 0.25) is 0 Å². The van der Waals surface area contributed by atoms with E-state index in [2.05, 4.69) is 16.9 Å². The number of hydrogen-bond acceptors (Lipinski definition) is 2. The normalized spacial score (nSPS) is 23.4. The van der Waals surface area contributed by atoms with Gasteiger partial charge in [0.2, 0.25) is 0 Å². The molecular formula is C21H27N3O. The first-order valence-corrected chi connectivity index (χ1v) is 9.69. The van der Waals surface area contributed by atoms with Crippen molar-refractivity contribution in [1.82, 2.24) is 14.7 Å². The molecule has 0 spiro atoms. The Balaban J connectivity index is 1.49. The van der Waals surface area contributed by atoms with E-state index in [0.29, 0.717) is 12.1 Å². The summed E-state index contributed by atoms with van der Waals surface area (Å²) in [5.41, 5.74) is 1.79. The summed E-state index contributed by atoms with van der Waals surface area (Å²) in [5, 5.41) is 4.24. The largest absolute Gasteiger partial charge is 0.333 e. The van der Waals surface area contributed by atoms with Gasteiger partial charge >= 0.3 is 0 Å². The SMILES string of the molecule is CCC1CCC(N(C(=O)c2ccc(-n3cccn3)cc2)C2CC2)CC1. The van der Waals surface area contributed by atoms with Gasteiger partial charge in [0.05, 0.1) is 5.69 Å². The maximum absolute atomic E-state index is 13.2. The fourth-order valence-corrected chi connectivity index (χ4v) is 4.14. The van der Waals surface area contributed by atoms with Crippen LogP contribution in [0.5, 0.6) is 0 Å². The van der Waals surface area contributed by atoms with Gasteiger partial charge in [0.15, 0.2) is 0 Å². The predicted molar refractivity (Wildman–Crippen MR) is 98.8 cm³/mol. The molecule has 1 aromatic heterocycles. The standard InChI is InChI=1S/C21H27N3O/c1-2-16-4-8-19(9-5-16)24(20-12-13-20)21(25)17-6-10-18(11-7-17)23-15-3-14-22-23/h3,6-7,10-11,14-16,19-20H,2,4-5,8-9,12-13H2,1H3. The highest BCUT2D eigenvalue weighted by atomic mass is 16.2. The molecule has 0 radical (unpaired) electrons. The monoisotopic (exact) mass is 337 g/mol. The van der Waals surface area contributed by atoms with Crippen LogP contribution in [0.25, 0.3) is 5.69 Å². The lowest BCUT2D eigenvalue weighted by Crippen LogP contribution is -2.43. The molecule has 0 N–H and O–H groups in total. The summed E-state index contributed by atoms with van der Waals surface area (Å²) in [6, 6.07) is 10.7. The van der Waals surface area contributed by atoms with Crippen LogP contribution in [-0.2, 0) is 0 Å². The van der Waals surface area contributed by atoms with Gasteiger partial charge < -0.3 is 4.90 Å². The number of amides is 1. The van der Waals surface area contributed by atoms with Crippen molar-refractivity contribution in [3.8, 4) is 5.69 Å². The minimum absolute atomic E-state index is 0.217. The Labute approximate surface area is 149 Å². The van der Waals surface area contributed by atoms with Gasteiger partial charge in [-0.05, 0) is 74.8 Å². The van der Waals surface area contributed by atoms with Crippen LogP contribution in [-0.4, -0.2) is 32.7 Å². The first kappa shape index (κ1) is 16.4. The highest BCUT2D eigenvalue weighted by molar-refractivity contribution is 5.95. The lowest BCUT2D eigenvalue weighted by atomic mass is 9.83. The van der Waals surface area contributed by atoms with Crippen LogP contribution in [0.4, 0.5) is 0 Å². The molecule has 0 saturated heterocycles. The third-order valence-electron chi connectivity index (χ3n) is 5.84. The van der Waals surface area contributed by atoms with Crippen molar-refractivity contribution in [3.63, 3.8) is 0 Å². The third kappa shape index (κ3) is 3.48. The molecule has 2 aromatic rings. The van der Waals surface area contributed by atoms with Crippen molar-refractivity contribution in [1.29, 1.82) is 0 Å². The summed E-state index contributed by atoms with van der Waals surface area (Å²) in [7, 11) is 0. The molecule has 0 unspecified atom stereocenters. The van der Waals surface area contributed by atoms with Gasteiger partial charge in [-0.15, -0.1) is 0 Å². The molecule has 4 rings (SSSR count). The smallest absolute Gasteiger partial charge is 0.254 e. The molecule has 2 aliphatic rings. The van der Waals surface area contributed by atoms with Crippen LogP contribution in [0.15, 0.2) is 42.7 Å². The number of carbonyl (C=O) groups excluding carboxylic acids is 1. The molecule has 25 heavy (non-hydrogen) atoms. The summed E-state index contributed by atoms with van der Waals surface area (Å²) in [5.74, 6) is 1.08. The van der Waals surface area contributed by atoms with Crippen LogP contribution in [0.3, 0.4) is 0 Å². The second-order valence-electron chi connectivity index (χ2n) is 7.52. The maximum Gasteiger partial charge on any atom is 0.254 e. The van der Waals surface area contributed by atoms with E-state index < -0.39 is 0 Å². The Morgan fingerprint density at radius 3 is 2.24 bits per heavy atom. The summed E-state index contributed by atoms with van der Waals surface area (Å²) in [4.78, 5) is 15.4. The molecule has 1 amide bonds. The van der Waals surface area contributed by atoms with Crippen molar-refractivity contribution < 1.29 is 4.79 Å². The highest BCUT2D eigenvalue weighted by Gasteiger charge is 2.38. The number of carbonyl (C=O) groups is 1. The zero-order valence-corrected chi connectivity index (χ0v) is 15.0. The van der Waals surface area contributed by atoms with Gasteiger partial charge in [0, 0.05) is 30.0 Å². The number of hydrogen-bond donors (Lipinski definition) is 0. The van der Waals surface area contributed by atoms with Gasteiger partial charge in [0.1, 0.15) is 0 Å². The Kier molecular flexibility index (Phi) is 4.60. The van der Waals surface area contributed by atoms with Gasteiger partial charge in [-0.2, -0.15) is 5.10 Å². The van der Waals surface area contributed by atoms with Crippen molar-refractivity contribution in [2.45, 2.75) is 64.0 Å². The van der Waals surface area contributed by atoms with Gasteiger partial charge in [0.25, 0.3) is 5.91 Å². The molecule has 4 heteroatoms. The average molecular weight is 337 g/mol. The molecule has 132 valence electrons. The number of benzene rings is 1. The zero-order valence-electron chi connectivity index (χ0n) is 15.0. The summed E-state index contributed by atoms with van der Waals surface area (Å²) < 4.78 is 1.82. The Morgan fingerprint density at radius 1 is 1.08 bits per heavy atom. The van der Waals surface area contributed by atoms with Crippen LogP contribution < -0.4 is 0 Å². The summed E-state index contributed by atoms with van der Waals surface area (Å²) in [6.07, 6.45) is 12.2.